The molecule has 0 atom stereocenters. The molecule has 0 spiro atoms. The van der Waals surface area contributed by atoms with Crippen molar-refractivity contribution in [3.8, 4) is 5.75 Å². The van der Waals surface area contributed by atoms with Crippen molar-refractivity contribution in [1.82, 2.24) is 5.32 Å². The molecule has 3 N–H and O–H groups in total. The number of halogens is 1. The zero-order chi connectivity index (χ0) is 18.5. The third-order valence-corrected chi connectivity index (χ3v) is 4.55. The molecule has 6 nitrogen and oxygen atoms in total. The predicted molar refractivity (Wildman–Crippen MR) is 106 cm³/mol. The zero-order valence-corrected chi connectivity index (χ0v) is 15.8. The number of nitrogens with one attached hydrogen (secondary N) is 1. The van der Waals surface area contributed by atoms with Crippen molar-refractivity contribution < 1.29 is 14.3 Å². The van der Waals surface area contributed by atoms with Crippen LogP contribution in [-0.4, -0.2) is 23.6 Å². The first-order valence-electron chi connectivity index (χ1n) is 7.56. The summed E-state index contributed by atoms with van der Waals surface area (Å²) in [5.41, 5.74) is 6.62. The number of rotatable bonds is 5. The Labute approximate surface area is 162 Å². The molecule has 2 aromatic carbocycles. The maximum absolute atomic E-state index is 11.8. The highest BCUT2D eigenvalue weighted by Gasteiger charge is 2.23. The number of hydrogen-bond acceptors (Lipinski definition) is 5. The monoisotopic (exact) mass is 431 g/mol. The van der Waals surface area contributed by atoms with Crippen LogP contribution in [0, 0.1) is 0 Å². The first kappa shape index (κ1) is 18.2. The molecule has 0 saturated carbocycles. The molecular weight excluding hydrogens is 418 g/mol. The molecule has 1 aliphatic rings. The second kappa shape index (κ2) is 8.20. The van der Waals surface area contributed by atoms with Gasteiger partial charge in [-0.25, -0.2) is 4.99 Å². The first-order valence-corrected chi connectivity index (χ1v) is 9.17. The van der Waals surface area contributed by atoms with E-state index in [2.05, 4.69) is 26.2 Å². The van der Waals surface area contributed by atoms with Gasteiger partial charge in [0.15, 0.2) is 6.61 Å². The third-order valence-electron chi connectivity index (χ3n) is 3.24. The highest BCUT2D eigenvalue weighted by Crippen LogP contribution is 2.29. The van der Waals surface area contributed by atoms with Gasteiger partial charge < -0.3 is 15.8 Å². The number of carbonyl (C=O) groups is 2. The minimum atomic E-state index is -0.543. The molecule has 0 aromatic heterocycles. The van der Waals surface area contributed by atoms with E-state index in [4.69, 9.17) is 10.5 Å². The number of ether oxygens (including phenoxy) is 1. The summed E-state index contributed by atoms with van der Waals surface area (Å²) in [6, 6.07) is 14.6. The van der Waals surface area contributed by atoms with E-state index in [0.717, 1.165) is 27.5 Å². The summed E-state index contributed by atoms with van der Waals surface area (Å²) in [4.78, 5) is 27.8. The van der Waals surface area contributed by atoms with Crippen LogP contribution < -0.4 is 15.8 Å². The SMILES string of the molecule is NC(=O)COc1cccc(/C=C2\SC(=O)NC2=Nc2cccc(Br)c2)c1. The molecule has 1 fully saturated rings. The topological polar surface area (TPSA) is 93.8 Å². The number of amidine groups is 1. The van der Waals surface area contributed by atoms with Gasteiger partial charge >= 0.3 is 0 Å². The molecule has 0 unspecified atom stereocenters. The summed E-state index contributed by atoms with van der Waals surface area (Å²) in [5.74, 6) is 0.464. The van der Waals surface area contributed by atoms with E-state index >= 15 is 0 Å². The van der Waals surface area contributed by atoms with Crippen molar-refractivity contribution in [2.75, 3.05) is 6.61 Å². The summed E-state index contributed by atoms with van der Waals surface area (Å²) >= 11 is 4.47. The van der Waals surface area contributed by atoms with E-state index in [1.54, 1.807) is 18.2 Å². The quantitative estimate of drug-likeness (QED) is 0.751. The van der Waals surface area contributed by atoms with Crippen LogP contribution in [0.5, 0.6) is 5.75 Å². The van der Waals surface area contributed by atoms with Crippen LogP contribution in [0.25, 0.3) is 6.08 Å². The smallest absolute Gasteiger partial charge is 0.289 e. The summed E-state index contributed by atoms with van der Waals surface area (Å²) in [7, 11) is 0. The van der Waals surface area contributed by atoms with Gasteiger partial charge in [-0.3, -0.25) is 9.59 Å². The molecule has 2 amide bonds. The van der Waals surface area contributed by atoms with Gasteiger partial charge in [0.25, 0.3) is 11.1 Å². The minimum Gasteiger partial charge on any atom is -0.484 e. The van der Waals surface area contributed by atoms with Crippen LogP contribution in [0.1, 0.15) is 5.56 Å². The van der Waals surface area contributed by atoms with Crippen LogP contribution >= 0.6 is 27.7 Å². The zero-order valence-electron chi connectivity index (χ0n) is 13.4. The van der Waals surface area contributed by atoms with Gasteiger partial charge in [-0.05, 0) is 53.7 Å². The Morgan fingerprint density at radius 2 is 2.08 bits per heavy atom. The molecule has 0 radical (unpaired) electrons. The maximum atomic E-state index is 11.8. The van der Waals surface area contributed by atoms with Gasteiger partial charge in [0.2, 0.25) is 0 Å². The molecule has 8 heteroatoms. The fraction of sp³-hybridized carbons (Fsp3) is 0.0556. The lowest BCUT2D eigenvalue weighted by molar-refractivity contribution is -0.119. The second-order valence-electron chi connectivity index (χ2n) is 5.29. The van der Waals surface area contributed by atoms with Gasteiger partial charge in [0.05, 0.1) is 10.6 Å². The lowest BCUT2D eigenvalue weighted by atomic mass is 10.2. The predicted octanol–water partition coefficient (Wildman–Crippen LogP) is 3.84. The normalized spacial score (nSPS) is 16.7. The molecular formula is C18H14BrN3O3S. The number of thioether (sulfide) groups is 1. The summed E-state index contributed by atoms with van der Waals surface area (Å²) in [5, 5.41) is 2.56. The lowest BCUT2D eigenvalue weighted by Gasteiger charge is -2.05. The third kappa shape index (κ3) is 4.96. The largest absolute Gasteiger partial charge is 0.484 e. The fourth-order valence-corrected chi connectivity index (χ4v) is 3.31. The number of nitrogens with two attached hydrogens (primary N) is 1. The van der Waals surface area contributed by atoms with Crippen molar-refractivity contribution in [3.05, 3.63) is 63.5 Å². The molecule has 1 saturated heterocycles. The van der Waals surface area contributed by atoms with Crippen LogP contribution in [0.3, 0.4) is 0 Å². The van der Waals surface area contributed by atoms with Gasteiger partial charge in [0, 0.05) is 4.47 Å². The Bertz CT molecular complexity index is 927. The maximum Gasteiger partial charge on any atom is 0.289 e. The Morgan fingerprint density at radius 3 is 2.85 bits per heavy atom. The van der Waals surface area contributed by atoms with Crippen LogP contribution in [-0.2, 0) is 4.79 Å². The fourth-order valence-electron chi connectivity index (χ4n) is 2.19. The minimum absolute atomic E-state index is 0.189. The first-order chi connectivity index (χ1) is 12.5. The molecule has 132 valence electrons. The average molecular weight is 432 g/mol. The molecule has 26 heavy (non-hydrogen) atoms. The molecule has 1 aliphatic heterocycles. The molecule has 2 aromatic rings. The second-order valence-corrected chi connectivity index (χ2v) is 7.22. The van der Waals surface area contributed by atoms with Crippen LogP contribution in [0.4, 0.5) is 10.5 Å². The Hall–Kier alpha value is -2.58. The number of carbonyl (C=O) groups excluding carboxylic acids is 2. The summed E-state index contributed by atoms with van der Waals surface area (Å²) < 4.78 is 6.20. The van der Waals surface area contributed by atoms with Crippen LogP contribution in [0.15, 0.2) is 62.9 Å². The number of primary amides is 1. The van der Waals surface area contributed by atoms with E-state index in [9.17, 15) is 9.59 Å². The lowest BCUT2D eigenvalue weighted by Crippen LogP contribution is -2.20. The Kier molecular flexibility index (Phi) is 5.75. The van der Waals surface area contributed by atoms with Crippen molar-refractivity contribution in [3.63, 3.8) is 0 Å². The molecule has 3 rings (SSSR count). The van der Waals surface area contributed by atoms with Crippen molar-refractivity contribution in [1.29, 1.82) is 0 Å². The molecule has 1 heterocycles. The van der Waals surface area contributed by atoms with E-state index in [-0.39, 0.29) is 11.8 Å². The molecule has 0 aliphatic carbocycles. The summed E-state index contributed by atoms with van der Waals surface area (Å²) in [6.07, 6.45) is 1.83. The molecule has 0 bridgehead atoms. The average Bonchev–Trinajstić information content (AvgIpc) is 2.92. The van der Waals surface area contributed by atoms with E-state index in [1.165, 1.54) is 0 Å². The van der Waals surface area contributed by atoms with E-state index in [0.29, 0.717) is 16.5 Å². The van der Waals surface area contributed by atoms with Gasteiger partial charge in [0.1, 0.15) is 11.6 Å². The van der Waals surface area contributed by atoms with Crippen LogP contribution in [0.2, 0.25) is 0 Å². The Morgan fingerprint density at radius 1 is 1.27 bits per heavy atom. The summed E-state index contributed by atoms with van der Waals surface area (Å²) in [6.45, 7) is -0.190. The highest BCUT2D eigenvalue weighted by molar-refractivity contribution is 9.10. The van der Waals surface area contributed by atoms with Gasteiger partial charge in [-0.2, -0.15) is 0 Å². The number of nitrogens with zero attached hydrogens (tertiary/aromatic N) is 1. The van der Waals surface area contributed by atoms with Crippen molar-refractivity contribution >= 4 is 56.4 Å². The highest BCUT2D eigenvalue weighted by atomic mass is 79.9. The number of benzene rings is 2. The van der Waals surface area contributed by atoms with Gasteiger partial charge in [-0.15, -0.1) is 0 Å². The van der Waals surface area contributed by atoms with Crippen molar-refractivity contribution in [2.24, 2.45) is 10.7 Å². The number of hydrogen-bond donors (Lipinski definition) is 2. The standard InChI is InChI=1S/C18H14BrN3O3S/c19-12-4-2-5-13(9-12)21-17-15(26-18(24)22-17)8-11-3-1-6-14(7-11)25-10-16(20)23/h1-9H,10H2,(H2,20,23)(H,21,22,24)/b15-8-. The van der Waals surface area contributed by atoms with E-state index < -0.39 is 5.91 Å². The van der Waals surface area contributed by atoms with E-state index in [1.807, 2.05) is 36.4 Å². The van der Waals surface area contributed by atoms with Gasteiger partial charge in [-0.1, -0.05) is 34.1 Å². The number of amides is 2. The number of aliphatic imine (C=N–C) groups is 1. The Balaban J connectivity index is 1.87. The van der Waals surface area contributed by atoms with Crippen molar-refractivity contribution in [2.45, 2.75) is 0 Å².